The van der Waals surface area contributed by atoms with Crippen molar-refractivity contribution in [1.29, 1.82) is 0 Å². The standard InChI is InChI=1S/C52H79N17O12/c1-26(2)41(67-46(77)37(66-44(75)27(3)22-40(54)73)24-30-25-62-33-11-7-6-10-32(30)33)48(79)68-42(28(4)70)49(80)63-34(12-8-20-60-51(56)57)45(76)64-35(18-19-39(53)72)50(81)69(5)38(13-9-21-61-52(58)59)47(78)65-36(43(55)74)23-29-14-16-31(71)17-15-29/h6-7,10-11,14-17,25-28,34-38,41-42,62,70-71H,8-9,12-13,18-24H2,1-5H3,(H2,53,72)(H2,54,73)(H2,55,74)(H,63,80)(H,64,76)(H,65,78)(H,66,75)(H,67,77)(H,68,79)(H4,56,57,60)(H4,58,59,61)/t27-,28+,34-,35-,36?,37-,38-,41-,42-/m0/s1. The van der Waals surface area contributed by atoms with Gasteiger partial charge in [-0.3, -0.25) is 57.9 Å². The summed E-state index contributed by atoms with van der Waals surface area (Å²) in [6.07, 6.45) is -1.52. The molecular formula is C52H79N17O12. The maximum absolute atomic E-state index is 14.5. The molecule has 3 rings (SSSR count). The van der Waals surface area contributed by atoms with Crippen LogP contribution in [0.5, 0.6) is 5.75 Å². The predicted octanol–water partition coefficient (Wildman–Crippen LogP) is -4.20. The van der Waals surface area contributed by atoms with Crippen molar-refractivity contribution < 1.29 is 58.2 Å². The van der Waals surface area contributed by atoms with E-state index in [-0.39, 0.29) is 75.7 Å². The smallest absolute Gasteiger partial charge is 0.245 e. The molecule has 0 aliphatic heterocycles. The second-order valence-corrected chi connectivity index (χ2v) is 20.0. The summed E-state index contributed by atoms with van der Waals surface area (Å²) in [5.41, 5.74) is 40.4. The number of aromatic nitrogens is 1. The first-order valence-corrected chi connectivity index (χ1v) is 26.2. The van der Waals surface area contributed by atoms with E-state index in [0.29, 0.717) is 11.1 Å². The van der Waals surface area contributed by atoms with Gasteiger partial charge < -0.3 is 92.1 Å². The third-order valence-corrected chi connectivity index (χ3v) is 13.0. The topological polar surface area (TPSA) is 509 Å². The van der Waals surface area contributed by atoms with Gasteiger partial charge in [0.2, 0.25) is 59.1 Å². The Hall–Kier alpha value is -9.02. The number of rotatable bonds is 34. The second kappa shape index (κ2) is 32.2. The highest BCUT2D eigenvalue weighted by Gasteiger charge is 2.38. The number of aromatic amines is 1. The molecule has 1 aromatic heterocycles. The van der Waals surface area contributed by atoms with Crippen LogP contribution >= 0.6 is 0 Å². The monoisotopic (exact) mass is 1130 g/mol. The average Bonchev–Trinajstić information content (AvgIpc) is 3.91. The van der Waals surface area contributed by atoms with Crippen LogP contribution in [0.25, 0.3) is 10.9 Å². The zero-order chi connectivity index (χ0) is 60.7. The highest BCUT2D eigenvalue weighted by molar-refractivity contribution is 5.98. The summed E-state index contributed by atoms with van der Waals surface area (Å²) in [5, 5.41) is 36.9. The first-order valence-electron chi connectivity index (χ1n) is 26.2. The van der Waals surface area contributed by atoms with Gasteiger partial charge in [-0.15, -0.1) is 0 Å². The van der Waals surface area contributed by atoms with E-state index < -0.39 is 132 Å². The number of carbonyl (C=O) groups excluding carboxylic acids is 10. The maximum Gasteiger partial charge on any atom is 0.245 e. The summed E-state index contributed by atoms with van der Waals surface area (Å²) in [6.45, 7) is 5.78. The summed E-state index contributed by atoms with van der Waals surface area (Å²) in [4.78, 5) is 147. The number of aliphatic hydroxyl groups excluding tert-OH is 1. The van der Waals surface area contributed by atoms with Crippen LogP contribution in [0.2, 0.25) is 0 Å². The molecule has 0 fully saturated rings. The lowest BCUT2D eigenvalue weighted by Crippen LogP contribution is -2.62. The van der Waals surface area contributed by atoms with E-state index in [1.807, 2.05) is 18.2 Å². The number of aliphatic hydroxyl groups is 1. The van der Waals surface area contributed by atoms with E-state index in [0.717, 1.165) is 15.8 Å². The number of phenolic OH excluding ortho intramolecular Hbond substituents is 1. The second-order valence-electron chi connectivity index (χ2n) is 20.0. The minimum atomic E-state index is -1.80. The lowest BCUT2D eigenvalue weighted by Gasteiger charge is -2.32. The minimum absolute atomic E-state index is 0.0114. The number of hydrogen-bond donors (Lipinski definition) is 16. The Labute approximate surface area is 468 Å². The van der Waals surface area contributed by atoms with Crippen molar-refractivity contribution in [3.05, 3.63) is 65.9 Å². The number of amides is 10. The molecule has 23 N–H and O–H groups in total. The molecule has 29 nitrogen and oxygen atoms in total. The molecule has 1 unspecified atom stereocenters. The fourth-order valence-electron chi connectivity index (χ4n) is 8.48. The van der Waals surface area contributed by atoms with Crippen molar-refractivity contribution in [2.24, 2.45) is 62.0 Å². The highest BCUT2D eigenvalue weighted by atomic mass is 16.3. The average molecular weight is 1130 g/mol. The summed E-state index contributed by atoms with van der Waals surface area (Å²) in [7, 11) is 1.24. The molecule has 9 atom stereocenters. The van der Waals surface area contributed by atoms with Gasteiger partial charge in [-0.25, -0.2) is 0 Å². The Morgan fingerprint density at radius 2 is 1.14 bits per heavy atom. The zero-order valence-corrected chi connectivity index (χ0v) is 46.1. The number of para-hydroxylation sites is 1. The van der Waals surface area contributed by atoms with Gasteiger partial charge in [0, 0.05) is 68.8 Å². The molecule has 0 saturated heterocycles. The first-order chi connectivity index (χ1) is 38.1. The van der Waals surface area contributed by atoms with Gasteiger partial charge in [0.1, 0.15) is 48.0 Å². The summed E-state index contributed by atoms with van der Waals surface area (Å²) < 4.78 is 0. The molecule has 2 aromatic carbocycles. The van der Waals surface area contributed by atoms with Crippen LogP contribution < -0.4 is 72.0 Å². The molecule has 29 heteroatoms. The van der Waals surface area contributed by atoms with Gasteiger partial charge in [-0.05, 0) is 74.3 Å². The zero-order valence-electron chi connectivity index (χ0n) is 46.1. The third kappa shape index (κ3) is 22.0. The van der Waals surface area contributed by atoms with Gasteiger partial charge in [0.25, 0.3) is 0 Å². The number of benzene rings is 2. The van der Waals surface area contributed by atoms with E-state index >= 15 is 0 Å². The molecule has 0 aliphatic carbocycles. The van der Waals surface area contributed by atoms with E-state index in [2.05, 4.69) is 46.9 Å². The molecule has 0 radical (unpaired) electrons. The number of nitrogens with two attached hydrogens (primary N) is 7. The van der Waals surface area contributed by atoms with Crippen molar-refractivity contribution in [2.75, 3.05) is 20.1 Å². The minimum Gasteiger partial charge on any atom is -0.508 e. The number of phenols is 1. The number of aliphatic imine (C=N–C) groups is 2. The Kier molecular flexibility index (Phi) is 26.3. The summed E-state index contributed by atoms with van der Waals surface area (Å²) >= 11 is 0. The molecule has 0 spiro atoms. The molecule has 10 amide bonds. The van der Waals surface area contributed by atoms with Gasteiger partial charge in [-0.1, -0.05) is 51.1 Å². The lowest BCUT2D eigenvalue weighted by molar-refractivity contribution is -0.143. The van der Waals surface area contributed by atoms with Crippen molar-refractivity contribution in [2.45, 2.75) is 134 Å². The van der Waals surface area contributed by atoms with Crippen LogP contribution in [0.15, 0.2) is 64.7 Å². The number of guanidine groups is 2. The molecule has 3 aromatic rings. The predicted molar refractivity (Wildman–Crippen MR) is 299 cm³/mol. The molecule has 0 saturated carbocycles. The summed E-state index contributed by atoms with van der Waals surface area (Å²) in [5.74, 6) is -11.0. The van der Waals surface area contributed by atoms with Gasteiger partial charge in [0.15, 0.2) is 11.9 Å². The highest BCUT2D eigenvalue weighted by Crippen LogP contribution is 2.21. The Morgan fingerprint density at radius 3 is 1.70 bits per heavy atom. The van der Waals surface area contributed by atoms with Crippen LogP contribution in [0, 0.1) is 11.8 Å². The summed E-state index contributed by atoms with van der Waals surface area (Å²) in [6, 6.07) is 2.64. The molecule has 1 heterocycles. The van der Waals surface area contributed by atoms with Gasteiger partial charge in [0.05, 0.1) is 6.10 Å². The number of primary amides is 3. The maximum atomic E-state index is 14.5. The quantitative estimate of drug-likeness (QED) is 0.0153. The van der Waals surface area contributed by atoms with E-state index in [1.165, 1.54) is 45.2 Å². The van der Waals surface area contributed by atoms with Crippen molar-refractivity contribution >= 4 is 81.9 Å². The third-order valence-electron chi connectivity index (χ3n) is 13.0. The van der Waals surface area contributed by atoms with E-state index in [9.17, 15) is 58.2 Å². The molecular weight excluding hydrogens is 1050 g/mol. The SMILES string of the molecule is CC(C)[C@H](NC(=O)[C@H](Cc1c[nH]c2ccccc12)NC(=O)[C@@H](C)CC(N)=O)C(=O)N[C@H](C(=O)N[C@@H](CCCN=C(N)N)C(=O)N[C@@H](CCC(N)=O)C(=O)N(C)[C@@H](CCCN=C(N)N)C(=O)NC(Cc1ccc(O)cc1)C(N)=O)[C@@H](C)O. The van der Waals surface area contributed by atoms with Crippen LogP contribution in [-0.2, 0) is 60.8 Å². The van der Waals surface area contributed by atoms with Crippen molar-refractivity contribution in [1.82, 2.24) is 41.8 Å². The van der Waals surface area contributed by atoms with E-state index in [1.54, 1.807) is 26.1 Å². The normalized spacial score (nSPS) is 14.4. The number of nitrogens with one attached hydrogen (secondary N) is 7. The lowest BCUT2D eigenvalue weighted by atomic mass is 9.99. The van der Waals surface area contributed by atoms with E-state index in [4.69, 9.17) is 40.1 Å². The van der Waals surface area contributed by atoms with Crippen LogP contribution in [-0.4, -0.2) is 160 Å². The number of carbonyl (C=O) groups is 10. The van der Waals surface area contributed by atoms with Crippen LogP contribution in [0.4, 0.5) is 0 Å². The van der Waals surface area contributed by atoms with Crippen molar-refractivity contribution in [3.8, 4) is 5.75 Å². The number of fused-ring (bicyclic) bond motifs is 1. The van der Waals surface area contributed by atoms with Gasteiger partial charge in [-0.2, -0.15) is 0 Å². The first kappa shape index (κ1) is 66.3. The number of likely N-dealkylation sites (N-methyl/N-ethyl adjacent to an activating group) is 1. The number of H-pyrrole nitrogens is 1. The number of aromatic hydroxyl groups is 1. The number of nitrogens with zero attached hydrogens (tertiary/aromatic N) is 3. The Balaban J connectivity index is 1.94. The largest absolute Gasteiger partial charge is 0.508 e. The Bertz CT molecular complexity index is 2740. The fourth-order valence-corrected chi connectivity index (χ4v) is 8.48. The molecule has 444 valence electrons. The van der Waals surface area contributed by atoms with Crippen molar-refractivity contribution in [3.63, 3.8) is 0 Å². The van der Waals surface area contributed by atoms with Gasteiger partial charge >= 0.3 is 0 Å². The molecule has 0 aliphatic rings. The van der Waals surface area contributed by atoms with Crippen LogP contribution in [0.1, 0.15) is 83.8 Å². The molecule has 81 heavy (non-hydrogen) atoms. The number of hydrogen-bond acceptors (Lipinski definition) is 14. The fraction of sp³-hybridized carbons (Fsp3) is 0.500. The Morgan fingerprint density at radius 1 is 0.593 bits per heavy atom. The molecule has 0 bridgehead atoms. The van der Waals surface area contributed by atoms with Crippen LogP contribution in [0.3, 0.4) is 0 Å².